The molecule has 0 fully saturated rings. The Bertz CT molecular complexity index is 509. The minimum atomic E-state index is -0.976. The number of hydrogen-bond acceptors (Lipinski definition) is 2. The minimum Gasteiger partial charge on any atom is -0.478 e. The van der Waals surface area contributed by atoms with E-state index in [1.807, 2.05) is 18.2 Å². The van der Waals surface area contributed by atoms with Gasteiger partial charge in [0.05, 0.1) is 0 Å². The van der Waals surface area contributed by atoms with Crippen LogP contribution in [0.4, 0.5) is 5.69 Å². The largest absolute Gasteiger partial charge is 0.478 e. The van der Waals surface area contributed by atoms with Crippen LogP contribution < -0.4 is 4.90 Å². The summed E-state index contributed by atoms with van der Waals surface area (Å²) in [4.78, 5) is 12.7. The van der Waals surface area contributed by atoms with E-state index in [0.29, 0.717) is 5.02 Å². The predicted molar refractivity (Wildman–Crippen MR) is 74.1 cm³/mol. The first kappa shape index (κ1) is 12.7. The van der Waals surface area contributed by atoms with Crippen molar-refractivity contribution >= 4 is 29.3 Å². The van der Waals surface area contributed by atoms with E-state index in [9.17, 15) is 4.79 Å². The van der Waals surface area contributed by atoms with Gasteiger partial charge in [0.25, 0.3) is 0 Å². The van der Waals surface area contributed by atoms with Crippen molar-refractivity contribution in [3.8, 4) is 0 Å². The Morgan fingerprint density at radius 3 is 2.83 bits per heavy atom. The summed E-state index contributed by atoms with van der Waals surface area (Å²) < 4.78 is 0. The van der Waals surface area contributed by atoms with Gasteiger partial charge in [0.1, 0.15) is 0 Å². The summed E-state index contributed by atoms with van der Waals surface area (Å²) >= 11 is 6.14. The Hall–Kier alpha value is -1.74. The standard InChI is InChI=1S/C14H14ClNO2/c15-13-10-12(16-8-2-1-3-9-16)6-4-11(13)5-7-14(17)18/h1-2,4-7,10H,3,8-9H2,(H,17,18)/b7-5+. The summed E-state index contributed by atoms with van der Waals surface area (Å²) in [7, 11) is 0. The molecule has 0 amide bonds. The summed E-state index contributed by atoms with van der Waals surface area (Å²) in [5.74, 6) is -0.976. The molecule has 0 bridgehead atoms. The van der Waals surface area contributed by atoms with Crippen molar-refractivity contribution in [2.24, 2.45) is 0 Å². The number of halogens is 1. The SMILES string of the molecule is O=C(O)/C=C/c1ccc(N2CC=CCC2)cc1Cl. The Morgan fingerprint density at radius 1 is 1.39 bits per heavy atom. The smallest absolute Gasteiger partial charge is 0.328 e. The topological polar surface area (TPSA) is 40.5 Å². The molecular formula is C14H14ClNO2. The molecule has 2 rings (SSSR count). The van der Waals surface area contributed by atoms with Crippen molar-refractivity contribution in [2.75, 3.05) is 18.0 Å². The first-order chi connectivity index (χ1) is 8.66. The van der Waals surface area contributed by atoms with Crippen LogP contribution in [0.2, 0.25) is 5.02 Å². The van der Waals surface area contributed by atoms with E-state index in [2.05, 4.69) is 17.1 Å². The zero-order valence-electron chi connectivity index (χ0n) is 9.84. The Balaban J connectivity index is 2.19. The van der Waals surface area contributed by atoms with Crippen LogP contribution in [0.3, 0.4) is 0 Å². The van der Waals surface area contributed by atoms with E-state index >= 15 is 0 Å². The summed E-state index contributed by atoms with van der Waals surface area (Å²) in [5.41, 5.74) is 1.78. The van der Waals surface area contributed by atoms with Crippen LogP contribution in [-0.4, -0.2) is 24.2 Å². The van der Waals surface area contributed by atoms with E-state index in [4.69, 9.17) is 16.7 Å². The number of aliphatic carboxylic acids is 1. The lowest BCUT2D eigenvalue weighted by molar-refractivity contribution is -0.131. The lowest BCUT2D eigenvalue weighted by atomic mass is 10.1. The molecule has 1 aromatic rings. The van der Waals surface area contributed by atoms with Gasteiger partial charge in [0.2, 0.25) is 0 Å². The molecule has 4 heteroatoms. The number of hydrogen-bond donors (Lipinski definition) is 1. The predicted octanol–water partition coefficient (Wildman–Crippen LogP) is 3.20. The second-order valence-corrected chi connectivity index (χ2v) is 4.49. The zero-order chi connectivity index (χ0) is 13.0. The molecule has 1 aliphatic rings. The maximum Gasteiger partial charge on any atom is 0.328 e. The number of benzene rings is 1. The van der Waals surface area contributed by atoms with Crippen molar-refractivity contribution < 1.29 is 9.90 Å². The number of carboxylic acid groups (broad SMARTS) is 1. The second kappa shape index (κ2) is 5.74. The molecular weight excluding hydrogens is 250 g/mol. The summed E-state index contributed by atoms with van der Waals surface area (Å²) in [6, 6.07) is 5.68. The van der Waals surface area contributed by atoms with Gasteiger partial charge in [-0.1, -0.05) is 29.8 Å². The molecule has 0 saturated heterocycles. The van der Waals surface area contributed by atoms with Crippen molar-refractivity contribution in [1.82, 2.24) is 0 Å². The number of anilines is 1. The number of nitrogens with zero attached hydrogens (tertiary/aromatic N) is 1. The molecule has 1 N–H and O–H groups in total. The average molecular weight is 264 g/mol. The lowest BCUT2D eigenvalue weighted by Crippen LogP contribution is -2.26. The molecule has 1 aliphatic heterocycles. The van der Waals surface area contributed by atoms with Crippen LogP contribution in [-0.2, 0) is 4.79 Å². The Kier molecular flexibility index (Phi) is 4.05. The normalized spacial score (nSPS) is 15.3. The van der Waals surface area contributed by atoms with Crippen molar-refractivity contribution in [3.05, 3.63) is 47.0 Å². The third kappa shape index (κ3) is 3.14. The third-order valence-corrected chi connectivity index (χ3v) is 3.14. The van der Waals surface area contributed by atoms with Gasteiger partial charge in [-0.25, -0.2) is 4.79 Å². The van der Waals surface area contributed by atoms with E-state index in [-0.39, 0.29) is 0 Å². The minimum absolute atomic E-state index is 0.569. The van der Waals surface area contributed by atoms with Crippen LogP contribution >= 0.6 is 11.6 Å². The Morgan fingerprint density at radius 2 is 2.22 bits per heavy atom. The number of rotatable bonds is 3. The van der Waals surface area contributed by atoms with Crippen LogP contribution in [0.1, 0.15) is 12.0 Å². The molecule has 18 heavy (non-hydrogen) atoms. The van der Waals surface area contributed by atoms with E-state index in [1.165, 1.54) is 6.08 Å². The zero-order valence-corrected chi connectivity index (χ0v) is 10.6. The van der Waals surface area contributed by atoms with Gasteiger partial charge in [-0.3, -0.25) is 0 Å². The number of carboxylic acids is 1. The first-order valence-corrected chi connectivity index (χ1v) is 6.15. The lowest BCUT2D eigenvalue weighted by Gasteiger charge is -2.25. The highest BCUT2D eigenvalue weighted by Gasteiger charge is 2.08. The monoisotopic (exact) mass is 263 g/mol. The third-order valence-electron chi connectivity index (χ3n) is 2.81. The van der Waals surface area contributed by atoms with Gasteiger partial charge in [-0.2, -0.15) is 0 Å². The molecule has 0 atom stereocenters. The molecule has 0 aromatic heterocycles. The molecule has 0 unspecified atom stereocenters. The van der Waals surface area contributed by atoms with E-state index in [1.54, 1.807) is 0 Å². The molecule has 0 saturated carbocycles. The van der Waals surface area contributed by atoms with Crippen LogP contribution in [0, 0.1) is 0 Å². The molecule has 1 heterocycles. The van der Waals surface area contributed by atoms with E-state index < -0.39 is 5.97 Å². The molecule has 0 aliphatic carbocycles. The van der Waals surface area contributed by atoms with E-state index in [0.717, 1.165) is 36.8 Å². The maximum absolute atomic E-state index is 10.5. The van der Waals surface area contributed by atoms with Gasteiger partial charge >= 0.3 is 5.97 Å². The van der Waals surface area contributed by atoms with Gasteiger partial charge in [0.15, 0.2) is 0 Å². The van der Waals surface area contributed by atoms with Crippen LogP contribution in [0.25, 0.3) is 6.08 Å². The van der Waals surface area contributed by atoms with Gasteiger partial charge in [0, 0.05) is 29.9 Å². The summed E-state index contributed by atoms with van der Waals surface area (Å²) in [6.07, 6.45) is 7.94. The molecule has 3 nitrogen and oxygen atoms in total. The first-order valence-electron chi connectivity index (χ1n) is 5.77. The fraction of sp³-hybridized carbons (Fsp3) is 0.214. The van der Waals surface area contributed by atoms with Gasteiger partial charge in [-0.05, 0) is 30.2 Å². The fourth-order valence-electron chi connectivity index (χ4n) is 1.88. The molecule has 0 spiro atoms. The van der Waals surface area contributed by atoms with Crippen molar-refractivity contribution in [1.29, 1.82) is 0 Å². The van der Waals surface area contributed by atoms with Gasteiger partial charge in [-0.15, -0.1) is 0 Å². The Labute approximate surface area is 111 Å². The quantitative estimate of drug-likeness (QED) is 0.672. The maximum atomic E-state index is 10.5. The van der Waals surface area contributed by atoms with Crippen LogP contribution in [0.15, 0.2) is 36.4 Å². The number of carbonyl (C=O) groups is 1. The summed E-state index contributed by atoms with van der Waals surface area (Å²) in [6.45, 7) is 1.87. The second-order valence-electron chi connectivity index (χ2n) is 4.08. The highest BCUT2D eigenvalue weighted by atomic mass is 35.5. The highest BCUT2D eigenvalue weighted by Crippen LogP contribution is 2.25. The molecule has 1 aromatic carbocycles. The molecule has 0 radical (unpaired) electrons. The average Bonchev–Trinajstić information content (AvgIpc) is 2.38. The molecule has 94 valence electrons. The van der Waals surface area contributed by atoms with Crippen molar-refractivity contribution in [2.45, 2.75) is 6.42 Å². The fourth-order valence-corrected chi connectivity index (χ4v) is 2.12. The van der Waals surface area contributed by atoms with Crippen LogP contribution in [0.5, 0.6) is 0 Å². The van der Waals surface area contributed by atoms with Gasteiger partial charge < -0.3 is 10.0 Å². The summed E-state index contributed by atoms with van der Waals surface area (Å²) in [5, 5.41) is 9.15. The van der Waals surface area contributed by atoms with Crippen molar-refractivity contribution in [3.63, 3.8) is 0 Å². The highest BCUT2D eigenvalue weighted by molar-refractivity contribution is 6.32.